The molecule has 2 heterocycles. The van der Waals surface area contributed by atoms with Crippen LogP contribution in [-0.2, 0) is 0 Å². The second kappa shape index (κ2) is 13.6. The van der Waals surface area contributed by atoms with Gasteiger partial charge in [-0.3, -0.25) is 0 Å². The molecule has 266 valence electrons. The standard InChI is InChI=1S/C53H33N3O/c1-2-13-37(14-3-1)51-54-52(38-26-24-36(25-27-38)45-20-9-16-35-12-6-7-19-44(35)45)56-53(55-51)43-18-8-17-40(32-43)41-29-30-47-49(33-41)57-48-22-10-21-46(50(47)48)42-28-23-34-11-4-5-15-39(34)31-42/h1-33H. The second-order valence-electron chi connectivity index (χ2n) is 14.4. The minimum atomic E-state index is 0.615. The van der Waals surface area contributed by atoms with E-state index in [1.807, 2.05) is 30.3 Å². The first-order valence-corrected chi connectivity index (χ1v) is 19.2. The van der Waals surface area contributed by atoms with Crippen LogP contribution in [0.4, 0.5) is 0 Å². The zero-order chi connectivity index (χ0) is 37.7. The predicted molar refractivity (Wildman–Crippen MR) is 235 cm³/mol. The first-order chi connectivity index (χ1) is 28.2. The van der Waals surface area contributed by atoms with Crippen molar-refractivity contribution in [2.75, 3.05) is 0 Å². The largest absolute Gasteiger partial charge is 0.456 e. The zero-order valence-electron chi connectivity index (χ0n) is 30.8. The fourth-order valence-electron chi connectivity index (χ4n) is 8.07. The van der Waals surface area contributed by atoms with E-state index in [0.29, 0.717) is 17.5 Å². The number of hydrogen-bond acceptors (Lipinski definition) is 4. The van der Waals surface area contributed by atoms with Crippen LogP contribution >= 0.6 is 0 Å². The second-order valence-corrected chi connectivity index (χ2v) is 14.4. The van der Waals surface area contributed by atoms with Gasteiger partial charge in [0, 0.05) is 27.5 Å². The van der Waals surface area contributed by atoms with Crippen molar-refractivity contribution in [3.8, 4) is 67.5 Å². The fourth-order valence-corrected chi connectivity index (χ4v) is 8.07. The minimum absolute atomic E-state index is 0.615. The minimum Gasteiger partial charge on any atom is -0.456 e. The molecule has 0 N–H and O–H groups in total. The predicted octanol–water partition coefficient (Wildman–Crippen LogP) is 14.1. The highest BCUT2D eigenvalue weighted by Gasteiger charge is 2.16. The number of aromatic nitrogens is 3. The van der Waals surface area contributed by atoms with Gasteiger partial charge in [-0.25, -0.2) is 15.0 Å². The van der Waals surface area contributed by atoms with E-state index in [1.165, 1.54) is 32.7 Å². The number of rotatable bonds is 6. The lowest BCUT2D eigenvalue weighted by atomic mass is 9.96. The van der Waals surface area contributed by atoms with Gasteiger partial charge < -0.3 is 4.42 Å². The Morgan fingerprint density at radius 1 is 0.281 bits per heavy atom. The highest BCUT2D eigenvalue weighted by molar-refractivity contribution is 6.13. The van der Waals surface area contributed by atoms with Crippen LogP contribution < -0.4 is 0 Å². The summed E-state index contributed by atoms with van der Waals surface area (Å²) in [6.45, 7) is 0. The number of hydrogen-bond donors (Lipinski definition) is 0. The van der Waals surface area contributed by atoms with E-state index < -0.39 is 0 Å². The Labute approximate surface area is 329 Å². The van der Waals surface area contributed by atoms with E-state index in [0.717, 1.165) is 60.9 Å². The van der Waals surface area contributed by atoms with E-state index in [2.05, 4.69) is 170 Å². The molecular formula is C53H33N3O. The molecule has 0 amide bonds. The number of furan rings is 1. The quantitative estimate of drug-likeness (QED) is 0.171. The fraction of sp³-hybridized carbons (Fsp3) is 0. The van der Waals surface area contributed by atoms with Crippen LogP contribution in [0, 0.1) is 0 Å². The molecule has 11 aromatic rings. The molecule has 0 unspecified atom stereocenters. The maximum absolute atomic E-state index is 6.53. The third-order valence-electron chi connectivity index (χ3n) is 10.9. The van der Waals surface area contributed by atoms with Gasteiger partial charge in [0.05, 0.1) is 0 Å². The van der Waals surface area contributed by atoms with Crippen LogP contribution in [0.1, 0.15) is 0 Å². The SMILES string of the molecule is c1ccc(-c2nc(-c3ccc(-c4cccc5ccccc45)cc3)nc(-c3cccc(-c4ccc5c(c4)oc4cccc(-c6ccc7ccccc7c6)c45)c3)n2)cc1. The highest BCUT2D eigenvalue weighted by Crippen LogP contribution is 2.39. The van der Waals surface area contributed by atoms with E-state index >= 15 is 0 Å². The van der Waals surface area contributed by atoms with Crippen molar-refractivity contribution in [2.24, 2.45) is 0 Å². The number of benzene rings is 9. The molecule has 0 spiro atoms. The molecule has 4 nitrogen and oxygen atoms in total. The molecule has 2 aromatic heterocycles. The van der Waals surface area contributed by atoms with Gasteiger partial charge in [-0.05, 0) is 85.3 Å². The van der Waals surface area contributed by atoms with Crippen molar-refractivity contribution in [1.82, 2.24) is 15.0 Å². The average Bonchev–Trinajstić information content (AvgIpc) is 3.67. The number of fused-ring (bicyclic) bond motifs is 5. The van der Waals surface area contributed by atoms with Crippen molar-refractivity contribution in [2.45, 2.75) is 0 Å². The van der Waals surface area contributed by atoms with Gasteiger partial charge >= 0.3 is 0 Å². The Kier molecular flexibility index (Phi) is 7.78. The maximum Gasteiger partial charge on any atom is 0.164 e. The van der Waals surface area contributed by atoms with Crippen molar-refractivity contribution in [3.63, 3.8) is 0 Å². The molecule has 57 heavy (non-hydrogen) atoms. The molecule has 0 fully saturated rings. The summed E-state index contributed by atoms with van der Waals surface area (Å²) in [4.78, 5) is 15.1. The van der Waals surface area contributed by atoms with Crippen molar-refractivity contribution < 1.29 is 4.42 Å². The molecule has 4 heteroatoms. The van der Waals surface area contributed by atoms with Crippen LogP contribution in [-0.4, -0.2) is 15.0 Å². The molecule has 0 saturated carbocycles. The van der Waals surface area contributed by atoms with E-state index in [4.69, 9.17) is 19.4 Å². The summed E-state index contributed by atoms with van der Waals surface area (Å²) in [6.07, 6.45) is 0. The smallest absolute Gasteiger partial charge is 0.164 e. The lowest BCUT2D eigenvalue weighted by molar-refractivity contribution is 0.669. The van der Waals surface area contributed by atoms with Gasteiger partial charge in [0.15, 0.2) is 17.5 Å². The number of nitrogens with zero attached hydrogens (tertiary/aromatic N) is 3. The van der Waals surface area contributed by atoms with Gasteiger partial charge in [-0.2, -0.15) is 0 Å². The van der Waals surface area contributed by atoms with Crippen LogP contribution in [0.3, 0.4) is 0 Å². The van der Waals surface area contributed by atoms with Gasteiger partial charge in [0.2, 0.25) is 0 Å². The molecule has 0 aliphatic heterocycles. The maximum atomic E-state index is 6.53. The summed E-state index contributed by atoms with van der Waals surface area (Å²) in [7, 11) is 0. The van der Waals surface area contributed by atoms with Gasteiger partial charge in [0.25, 0.3) is 0 Å². The van der Waals surface area contributed by atoms with E-state index in [-0.39, 0.29) is 0 Å². The molecule has 0 atom stereocenters. The van der Waals surface area contributed by atoms with Gasteiger partial charge in [-0.1, -0.05) is 170 Å². The molecule has 0 saturated heterocycles. The molecule has 0 radical (unpaired) electrons. The summed E-state index contributed by atoms with van der Waals surface area (Å²) in [5, 5.41) is 7.12. The molecule has 11 rings (SSSR count). The van der Waals surface area contributed by atoms with Crippen molar-refractivity contribution in [3.05, 3.63) is 200 Å². The molecule has 0 aliphatic rings. The Bertz CT molecular complexity index is 3290. The Morgan fingerprint density at radius 2 is 0.842 bits per heavy atom. The van der Waals surface area contributed by atoms with Gasteiger partial charge in [-0.15, -0.1) is 0 Å². The van der Waals surface area contributed by atoms with Crippen molar-refractivity contribution in [1.29, 1.82) is 0 Å². The molecule has 9 aromatic carbocycles. The van der Waals surface area contributed by atoms with Crippen LogP contribution in [0.25, 0.3) is 111 Å². The first kappa shape index (κ1) is 32.7. The van der Waals surface area contributed by atoms with Gasteiger partial charge in [0.1, 0.15) is 11.2 Å². The Hall–Kier alpha value is -7.69. The molecule has 0 aliphatic carbocycles. The summed E-state index contributed by atoms with van der Waals surface area (Å²) >= 11 is 0. The topological polar surface area (TPSA) is 51.8 Å². The third kappa shape index (κ3) is 5.92. The molecular weight excluding hydrogens is 695 g/mol. The normalized spacial score (nSPS) is 11.5. The van der Waals surface area contributed by atoms with Crippen LogP contribution in [0.5, 0.6) is 0 Å². The first-order valence-electron chi connectivity index (χ1n) is 19.2. The summed E-state index contributed by atoms with van der Waals surface area (Å²) in [6, 6.07) is 69.9. The molecule has 0 bridgehead atoms. The van der Waals surface area contributed by atoms with E-state index in [9.17, 15) is 0 Å². The van der Waals surface area contributed by atoms with Crippen molar-refractivity contribution >= 4 is 43.5 Å². The third-order valence-corrected chi connectivity index (χ3v) is 10.9. The van der Waals surface area contributed by atoms with Crippen LogP contribution in [0.2, 0.25) is 0 Å². The summed E-state index contributed by atoms with van der Waals surface area (Å²) < 4.78 is 6.53. The zero-order valence-corrected chi connectivity index (χ0v) is 30.8. The summed E-state index contributed by atoms with van der Waals surface area (Å²) in [5.74, 6) is 1.87. The Balaban J connectivity index is 0.975. The Morgan fingerprint density at radius 3 is 1.68 bits per heavy atom. The van der Waals surface area contributed by atoms with Crippen LogP contribution in [0.15, 0.2) is 205 Å². The van der Waals surface area contributed by atoms with E-state index in [1.54, 1.807) is 0 Å². The summed E-state index contributed by atoms with van der Waals surface area (Å²) in [5.41, 5.74) is 11.3. The average molecular weight is 728 g/mol. The lowest BCUT2D eigenvalue weighted by Gasteiger charge is -2.11. The lowest BCUT2D eigenvalue weighted by Crippen LogP contribution is -2.00. The highest BCUT2D eigenvalue weighted by atomic mass is 16.3. The monoisotopic (exact) mass is 727 g/mol.